The van der Waals surface area contributed by atoms with Gasteiger partial charge in [-0.1, -0.05) is 24.3 Å². The zero-order chi connectivity index (χ0) is 15.0. The molecular formula is C15H18NO4-. The van der Waals surface area contributed by atoms with Gasteiger partial charge in [0.15, 0.2) is 0 Å². The number of alkyl carbamates (subject to hydrolysis) is 1. The Balaban J connectivity index is 2.18. The van der Waals surface area contributed by atoms with Crippen molar-refractivity contribution in [3.8, 4) is 0 Å². The highest BCUT2D eigenvalue weighted by molar-refractivity contribution is 5.85. The number of rotatable bonds is 2. The van der Waals surface area contributed by atoms with Crippen LogP contribution in [0, 0.1) is 0 Å². The lowest BCUT2D eigenvalue weighted by molar-refractivity contribution is -0.314. The fraction of sp³-hybridized carbons (Fsp3) is 0.467. The van der Waals surface area contributed by atoms with Gasteiger partial charge in [0.2, 0.25) is 0 Å². The van der Waals surface area contributed by atoms with Crippen LogP contribution in [0.25, 0.3) is 0 Å². The first kappa shape index (κ1) is 14.4. The van der Waals surface area contributed by atoms with E-state index in [-0.39, 0.29) is 12.8 Å². The van der Waals surface area contributed by atoms with Gasteiger partial charge in [-0.2, -0.15) is 0 Å². The van der Waals surface area contributed by atoms with Crippen molar-refractivity contribution in [2.24, 2.45) is 0 Å². The number of fused-ring (bicyclic) bond motifs is 1. The van der Waals surface area contributed by atoms with Crippen molar-refractivity contribution in [1.29, 1.82) is 0 Å². The van der Waals surface area contributed by atoms with Crippen LogP contribution in [-0.4, -0.2) is 23.2 Å². The van der Waals surface area contributed by atoms with Crippen LogP contribution in [0.2, 0.25) is 0 Å². The van der Waals surface area contributed by atoms with Gasteiger partial charge >= 0.3 is 6.09 Å². The van der Waals surface area contributed by atoms with E-state index in [0.29, 0.717) is 0 Å². The number of benzene rings is 1. The highest BCUT2D eigenvalue weighted by Crippen LogP contribution is 2.30. The summed E-state index contributed by atoms with van der Waals surface area (Å²) in [5.41, 5.74) is -0.283. The third kappa shape index (κ3) is 2.92. The summed E-state index contributed by atoms with van der Waals surface area (Å²) in [4.78, 5) is 23.4. The van der Waals surface area contributed by atoms with Crippen LogP contribution in [0.15, 0.2) is 24.3 Å². The average Bonchev–Trinajstić information content (AvgIpc) is 2.65. The first-order valence-electron chi connectivity index (χ1n) is 6.51. The molecule has 0 heterocycles. The van der Waals surface area contributed by atoms with E-state index < -0.39 is 23.2 Å². The average molecular weight is 276 g/mol. The predicted molar refractivity (Wildman–Crippen MR) is 71.0 cm³/mol. The summed E-state index contributed by atoms with van der Waals surface area (Å²) >= 11 is 0. The Morgan fingerprint density at radius 3 is 2.10 bits per heavy atom. The van der Waals surface area contributed by atoms with Crippen molar-refractivity contribution >= 4 is 12.1 Å². The molecule has 0 atom stereocenters. The van der Waals surface area contributed by atoms with E-state index in [9.17, 15) is 14.7 Å². The van der Waals surface area contributed by atoms with E-state index in [2.05, 4.69) is 5.32 Å². The van der Waals surface area contributed by atoms with Gasteiger partial charge in [-0.25, -0.2) is 4.79 Å². The summed E-state index contributed by atoms with van der Waals surface area (Å²) in [6.45, 7) is 5.17. The molecule has 0 saturated heterocycles. The van der Waals surface area contributed by atoms with Crippen LogP contribution < -0.4 is 10.4 Å². The lowest BCUT2D eigenvalue weighted by Crippen LogP contribution is -2.61. The van der Waals surface area contributed by atoms with Crippen molar-refractivity contribution in [3.63, 3.8) is 0 Å². The van der Waals surface area contributed by atoms with Crippen LogP contribution in [0.1, 0.15) is 31.9 Å². The topological polar surface area (TPSA) is 78.5 Å². The maximum atomic E-state index is 11.9. The fourth-order valence-corrected chi connectivity index (χ4v) is 2.40. The molecule has 0 bridgehead atoms. The molecule has 0 radical (unpaired) electrons. The number of carboxylic acid groups (broad SMARTS) is 1. The smallest absolute Gasteiger partial charge is 0.408 e. The zero-order valence-electron chi connectivity index (χ0n) is 11.9. The molecule has 0 spiro atoms. The molecule has 0 unspecified atom stereocenters. The second-order valence-corrected chi connectivity index (χ2v) is 6.12. The molecule has 5 heteroatoms. The van der Waals surface area contributed by atoms with E-state index >= 15 is 0 Å². The minimum absolute atomic E-state index is 0.213. The fourth-order valence-electron chi connectivity index (χ4n) is 2.40. The molecule has 2 rings (SSSR count). The number of carboxylic acids is 1. The molecule has 1 N–H and O–H groups in total. The van der Waals surface area contributed by atoms with Crippen LogP contribution in [0.3, 0.4) is 0 Å². The number of ether oxygens (including phenoxy) is 1. The molecule has 0 aromatic heterocycles. The summed E-state index contributed by atoms with van der Waals surface area (Å²) in [6, 6.07) is 7.41. The molecule has 1 amide bonds. The first-order chi connectivity index (χ1) is 9.22. The van der Waals surface area contributed by atoms with Crippen molar-refractivity contribution in [2.45, 2.75) is 44.8 Å². The number of carbonyl (C=O) groups excluding carboxylic acids is 2. The molecule has 0 aliphatic heterocycles. The molecule has 0 saturated carbocycles. The Labute approximate surface area is 117 Å². The molecule has 1 aliphatic rings. The molecule has 0 fully saturated rings. The van der Waals surface area contributed by atoms with Crippen molar-refractivity contribution in [3.05, 3.63) is 35.4 Å². The number of hydrogen-bond donors (Lipinski definition) is 1. The lowest BCUT2D eigenvalue weighted by Gasteiger charge is -2.32. The van der Waals surface area contributed by atoms with Crippen LogP contribution in [0.5, 0.6) is 0 Å². The standard InChI is InChI=1S/C15H19NO4/c1-14(2,3)20-13(19)16-15(12(17)18)8-10-6-4-5-7-11(10)9-15/h4-7H,8-9H2,1-3H3,(H,16,19)(H,17,18)/p-1. The van der Waals surface area contributed by atoms with Gasteiger partial charge in [0.1, 0.15) is 5.60 Å². The van der Waals surface area contributed by atoms with Crippen molar-refractivity contribution in [2.75, 3.05) is 0 Å². The quantitative estimate of drug-likeness (QED) is 0.866. The SMILES string of the molecule is CC(C)(C)OC(=O)NC1(C(=O)[O-])Cc2ccccc2C1. The highest BCUT2D eigenvalue weighted by atomic mass is 16.6. The highest BCUT2D eigenvalue weighted by Gasteiger charge is 2.40. The number of carbonyl (C=O) groups is 2. The summed E-state index contributed by atoms with van der Waals surface area (Å²) in [6.07, 6.45) is -0.315. The van der Waals surface area contributed by atoms with Gasteiger partial charge in [-0.05, 0) is 31.9 Å². The van der Waals surface area contributed by atoms with E-state index in [0.717, 1.165) is 11.1 Å². The van der Waals surface area contributed by atoms with E-state index in [1.165, 1.54) is 0 Å². The maximum absolute atomic E-state index is 11.9. The number of hydrogen-bond acceptors (Lipinski definition) is 4. The Bertz CT molecular complexity index is 520. The third-order valence-corrected chi connectivity index (χ3v) is 3.23. The molecule has 1 aliphatic carbocycles. The van der Waals surface area contributed by atoms with E-state index in [4.69, 9.17) is 4.74 Å². The van der Waals surface area contributed by atoms with Crippen LogP contribution in [0.4, 0.5) is 4.79 Å². The zero-order valence-corrected chi connectivity index (χ0v) is 11.9. The summed E-state index contributed by atoms with van der Waals surface area (Å²) in [5, 5.41) is 14.0. The molecule has 20 heavy (non-hydrogen) atoms. The maximum Gasteiger partial charge on any atom is 0.408 e. The Morgan fingerprint density at radius 1 is 1.20 bits per heavy atom. The minimum Gasteiger partial charge on any atom is -0.548 e. The summed E-state index contributed by atoms with van der Waals surface area (Å²) in [5.74, 6) is -1.29. The van der Waals surface area contributed by atoms with Gasteiger partial charge in [-0.15, -0.1) is 0 Å². The summed E-state index contributed by atoms with van der Waals surface area (Å²) < 4.78 is 5.13. The van der Waals surface area contributed by atoms with Crippen LogP contribution >= 0.6 is 0 Å². The molecule has 108 valence electrons. The summed E-state index contributed by atoms with van der Waals surface area (Å²) in [7, 11) is 0. The second-order valence-electron chi connectivity index (χ2n) is 6.12. The lowest BCUT2D eigenvalue weighted by atomic mass is 9.96. The Morgan fingerprint density at radius 2 is 1.70 bits per heavy atom. The molecular weight excluding hydrogens is 258 g/mol. The predicted octanol–water partition coefficient (Wildman–Crippen LogP) is 0.799. The molecule has 1 aromatic rings. The van der Waals surface area contributed by atoms with Crippen molar-refractivity contribution < 1.29 is 19.4 Å². The third-order valence-electron chi connectivity index (χ3n) is 3.23. The Kier molecular flexibility index (Phi) is 3.46. The van der Waals surface area contributed by atoms with Crippen LogP contribution in [-0.2, 0) is 22.4 Å². The van der Waals surface area contributed by atoms with Gasteiger partial charge in [0.05, 0.1) is 11.5 Å². The minimum atomic E-state index is -1.42. The molecule has 5 nitrogen and oxygen atoms in total. The largest absolute Gasteiger partial charge is 0.548 e. The van der Waals surface area contributed by atoms with E-state index in [1.807, 2.05) is 24.3 Å². The Hall–Kier alpha value is -2.04. The molecule has 1 aromatic carbocycles. The second kappa shape index (κ2) is 4.81. The number of aliphatic carboxylic acids is 1. The van der Waals surface area contributed by atoms with E-state index in [1.54, 1.807) is 20.8 Å². The normalized spacial score (nSPS) is 16.4. The van der Waals surface area contributed by atoms with Gasteiger partial charge in [-0.3, -0.25) is 0 Å². The monoisotopic (exact) mass is 276 g/mol. The van der Waals surface area contributed by atoms with Gasteiger partial charge in [0.25, 0.3) is 0 Å². The number of nitrogens with one attached hydrogen (secondary N) is 1. The first-order valence-corrected chi connectivity index (χ1v) is 6.51. The van der Waals surface area contributed by atoms with Crippen molar-refractivity contribution in [1.82, 2.24) is 5.32 Å². The van der Waals surface area contributed by atoms with Gasteiger partial charge in [0, 0.05) is 12.8 Å². The van der Waals surface area contributed by atoms with Gasteiger partial charge < -0.3 is 20.0 Å². The number of amides is 1.